The monoisotopic (exact) mass is 590 g/mol. The van der Waals surface area contributed by atoms with E-state index in [1.54, 1.807) is 53.7 Å². The number of esters is 4. The molecule has 0 saturated carbocycles. The van der Waals surface area contributed by atoms with E-state index in [1.807, 2.05) is 36.4 Å². The number of nitrogens with one attached hydrogen (secondary N) is 2. The van der Waals surface area contributed by atoms with Crippen molar-refractivity contribution in [3.63, 3.8) is 0 Å². The number of carbonyl (C=O) groups excluding carboxylic acids is 4. The van der Waals surface area contributed by atoms with Crippen LogP contribution in [0.4, 0.5) is 11.4 Å². The van der Waals surface area contributed by atoms with Crippen molar-refractivity contribution < 1.29 is 38.1 Å². The molecule has 0 aliphatic carbocycles. The Kier molecular flexibility index (Phi) is 9.27. The maximum atomic E-state index is 13.0. The highest BCUT2D eigenvalue weighted by molar-refractivity contribution is 6.21. The van der Waals surface area contributed by atoms with Crippen LogP contribution in [0.15, 0.2) is 48.6 Å². The summed E-state index contributed by atoms with van der Waals surface area (Å²) in [5.41, 5.74) is 2.24. The molecule has 43 heavy (non-hydrogen) atoms. The Labute approximate surface area is 251 Å². The lowest BCUT2D eigenvalue weighted by atomic mass is 9.86. The van der Waals surface area contributed by atoms with Gasteiger partial charge in [0.05, 0.1) is 37.6 Å². The van der Waals surface area contributed by atoms with E-state index in [9.17, 15) is 19.2 Å². The summed E-state index contributed by atoms with van der Waals surface area (Å²) in [4.78, 5) is 51.5. The van der Waals surface area contributed by atoms with E-state index in [-0.39, 0.29) is 37.6 Å². The first-order valence-corrected chi connectivity index (χ1v) is 14.5. The fraction of sp³-hybridized carbons (Fsp3) is 0.394. The number of hydrogen-bond acceptors (Lipinski definition) is 10. The second-order valence-corrected chi connectivity index (χ2v) is 10.6. The van der Waals surface area contributed by atoms with Crippen molar-refractivity contribution in [2.24, 2.45) is 0 Å². The van der Waals surface area contributed by atoms with Gasteiger partial charge in [0, 0.05) is 22.5 Å². The minimum atomic E-state index is -1.24. The summed E-state index contributed by atoms with van der Waals surface area (Å²) >= 11 is 0. The summed E-state index contributed by atoms with van der Waals surface area (Å²) in [5.74, 6) is -2.07. The van der Waals surface area contributed by atoms with Crippen molar-refractivity contribution >= 4 is 46.4 Å². The molecule has 2 heterocycles. The Bertz CT molecular complexity index is 1400. The molecule has 0 radical (unpaired) electrons. The van der Waals surface area contributed by atoms with E-state index in [2.05, 4.69) is 10.6 Å². The smallest absolute Gasteiger partial charge is 0.338 e. The van der Waals surface area contributed by atoms with E-state index in [0.717, 1.165) is 11.1 Å². The van der Waals surface area contributed by atoms with Crippen molar-refractivity contribution in [1.29, 1.82) is 0 Å². The first kappa shape index (κ1) is 31.3. The Balaban J connectivity index is 1.70. The van der Waals surface area contributed by atoms with E-state index < -0.39 is 35.0 Å². The Morgan fingerprint density at radius 3 is 1.33 bits per heavy atom. The zero-order chi connectivity index (χ0) is 31.4. The summed E-state index contributed by atoms with van der Waals surface area (Å²) in [6.07, 6.45) is 3.57. The van der Waals surface area contributed by atoms with Crippen LogP contribution in [-0.2, 0) is 44.5 Å². The maximum Gasteiger partial charge on any atom is 0.338 e. The third-order valence-corrected chi connectivity index (χ3v) is 7.20. The molecule has 0 aromatic heterocycles. The second-order valence-electron chi connectivity index (χ2n) is 10.6. The number of rotatable bonds is 10. The third-order valence-electron chi connectivity index (χ3n) is 7.20. The average molecular weight is 591 g/mol. The summed E-state index contributed by atoms with van der Waals surface area (Å²) in [6, 6.07) is 11.2. The first-order chi connectivity index (χ1) is 20.5. The largest absolute Gasteiger partial charge is 0.464 e. The van der Waals surface area contributed by atoms with Crippen LogP contribution in [0.3, 0.4) is 0 Å². The maximum absolute atomic E-state index is 13.0. The zero-order valence-electron chi connectivity index (χ0n) is 25.4. The zero-order valence-corrected chi connectivity index (χ0v) is 25.4. The minimum absolute atomic E-state index is 0.184. The van der Waals surface area contributed by atoms with Crippen molar-refractivity contribution in [3.8, 4) is 0 Å². The fourth-order valence-electron chi connectivity index (χ4n) is 5.20. The SMILES string of the molecule is CCOC(=O)C1=CC(C)(C(=O)OCC)Nc2ccc(Cc3ccc4c(c3)C(C(=O)OCC)=CC(C)(C(=O)OCC)N4)cc21. The molecule has 2 aromatic carbocycles. The van der Waals surface area contributed by atoms with Gasteiger partial charge in [-0.25, -0.2) is 19.2 Å². The molecular weight excluding hydrogens is 552 g/mol. The third kappa shape index (κ3) is 6.43. The van der Waals surface area contributed by atoms with Crippen LogP contribution >= 0.6 is 0 Å². The van der Waals surface area contributed by atoms with Crippen LogP contribution in [-0.4, -0.2) is 61.4 Å². The summed E-state index contributed by atoms with van der Waals surface area (Å²) in [6.45, 7) is 11.0. The number of benzene rings is 2. The van der Waals surface area contributed by atoms with Gasteiger partial charge in [-0.1, -0.05) is 12.1 Å². The van der Waals surface area contributed by atoms with Gasteiger partial charge in [-0.2, -0.15) is 0 Å². The Morgan fingerprint density at radius 2 is 0.977 bits per heavy atom. The molecule has 0 saturated heterocycles. The molecule has 228 valence electrons. The molecule has 2 unspecified atom stereocenters. The van der Waals surface area contributed by atoms with Gasteiger partial charge in [0.2, 0.25) is 0 Å². The van der Waals surface area contributed by atoms with Gasteiger partial charge in [0.1, 0.15) is 0 Å². The molecule has 2 aromatic rings. The van der Waals surface area contributed by atoms with Gasteiger partial charge in [-0.15, -0.1) is 0 Å². The Hall–Kier alpha value is -4.60. The Morgan fingerprint density at radius 1 is 0.605 bits per heavy atom. The quantitative estimate of drug-likeness (QED) is 0.298. The number of fused-ring (bicyclic) bond motifs is 2. The van der Waals surface area contributed by atoms with Crippen LogP contribution in [0.25, 0.3) is 11.1 Å². The van der Waals surface area contributed by atoms with Gasteiger partial charge in [0.25, 0.3) is 0 Å². The number of anilines is 2. The van der Waals surface area contributed by atoms with E-state index in [0.29, 0.717) is 28.9 Å². The van der Waals surface area contributed by atoms with Gasteiger partial charge in [-0.05, 0) is 95.5 Å². The normalized spacial score (nSPS) is 20.1. The van der Waals surface area contributed by atoms with Crippen molar-refractivity contribution in [2.75, 3.05) is 37.1 Å². The second kappa shape index (κ2) is 12.7. The van der Waals surface area contributed by atoms with Crippen LogP contribution in [0.5, 0.6) is 0 Å². The fourth-order valence-corrected chi connectivity index (χ4v) is 5.20. The lowest BCUT2D eigenvalue weighted by molar-refractivity contribution is -0.147. The van der Waals surface area contributed by atoms with Gasteiger partial charge in [-0.3, -0.25) is 0 Å². The predicted octanol–water partition coefficient (Wildman–Crippen LogP) is 4.67. The van der Waals surface area contributed by atoms with E-state index >= 15 is 0 Å². The standard InChI is InChI=1S/C33H38N2O8/c1-7-40-28(36)24-18-32(5,30(38)42-9-3)34-26-13-11-20(16-22(24)26)15-21-12-14-27-23(17-21)25(29(37)41-8-2)19-33(6,35-27)31(39)43-10-4/h11-14,16-19,34-35H,7-10,15H2,1-6H3. The number of carbonyl (C=O) groups is 4. The molecule has 0 amide bonds. The van der Waals surface area contributed by atoms with Crippen molar-refractivity contribution in [3.05, 3.63) is 70.8 Å². The van der Waals surface area contributed by atoms with E-state index in [1.165, 1.54) is 0 Å². The van der Waals surface area contributed by atoms with Crippen molar-refractivity contribution in [2.45, 2.75) is 59.0 Å². The van der Waals surface area contributed by atoms with Crippen LogP contribution in [0, 0.1) is 0 Å². The highest BCUT2D eigenvalue weighted by Crippen LogP contribution is 2.38. The highest BCUT2D eigenvalue weighted by atomic mass is 16.5. The number of hydrogen-bond donors (Lipinski definition) is 2. The van der Waals surface area contributed by atoms with Crippen LogP contribution in [0.1, 0.15) is 63.8 Å². The van der Waals surface area contributed by atoms with Gasteiger partial charge >= 0.3 is 23.9 Å². The van der Waals surface area contributed by atoms with Crippen LogP contribution < -0.4 is 10.6 Å². The summed E-state index contributed by atoms with van der Waals surface area (Å²) < 4.78 is 21.1. The molecule has 10 nitrogen and oxygen atoms in total. The molecule has 0 bridgehead atoms. The average Bonchev–Trinajstić information content (AvgIpc) is 2.97. The molecule has 0 spiro atoms. The molecule has 4 rings (SSSR count). The molecule has 2 N–H and O–H groups in total. The molecule has 2 aliphatic rings. The lowest BCUT2D eigenvalue weighted by Gasteiger charge is -2.33. The van der Waals surface area contributed by atoms with Crippen molar-refractivity contribution in [1.82, 2.24) is 0 Å². The summed E-state index contributed by atoms with van der Waals surface area (Å²) in [7, 11) is 0. The molecule has 2 atom stereocenters. The first-order valence-electron chi connectivity index (χ1n) is 14.5. The molecule has 0 fully saturated rings. The highest BCUT2D eigenvalue weighted by Gasteiger charge is 2.40. The van der Waals surface area contributed by atoms with Gasteiger partial charge in [0.15, 0.2) is 11.1 Å². The van der Waals surface area contributed by atoms with E-state index in [4.69, 9.17) is 18.9 Å². The summed E-state index contributed by atoms with van der Waals surface area (Å²) in [5, 5.41) is 6.42. The number of ether oxygens (including phenoxy) is 4. The lowest BCUT2D eigenvalue weighted by Crippen LogP contribution is -2.45. The van der Waals surface area contributed by atoms with Crippen LogP contribution in [0.2, 0.25) is 0 Å². The molecule has 10 heteroatoms. The minimum Gasteiger partial charge on any atom is -0.464 e. The topological polar surface area (TPSA) is 129 Å². The predicted molar refractivity (Wildman–Crippen MR) is 162 cm³/mol. The molecule has 2 aliphatic heterocycles. The molecular formula is C33H38N2O8. The van der Waals surface area contributed by atoms with Gasteiger partial charge < -0.3 is 29.6 Å².